The van der Waals surface area contributed by atoms with E-state index in [0.29, 0.717) is 6.42 Å². The molecule has 1 saturated heterocycles. The summed E-state index contributed by atoms with van der Waals surface area (Å²) < 4.78 is 4.54. The summed E-state index contributed by atoms with van der Waals surface area (Å²) in [5.74, 6) is -4.93. The van der Waals surface area contributed by atoms with Crippen LogP contribution in [0.5, 0.6) is 0 Å². The van der Waals surface area contributed by atoms with E-state index in [1.807, 2.05) is 0 Å². The number of cyclic esters (lactones) is 1. The van der Waals surface area contributed by atoms with Gasteiger partial charge in [0, 0.05) is 0 Å². The molecule has 0 aliphatic carbocycles. The summed E-state index contributed by atoms with van der Waals surface area (Å²) >= 11 is 0. The number of carboxylic acid groups (broad SMARTS) is 1. The second-order valence-corrected chi connectivity index (χ2v) is 7.22. The van der Waals surface area contributed by atoms with Crippen molar-refractivity contribution in [2.75, 3.05) is 0 Å². The second kappa shape index (κ2) is 12.5. The minimum Gasteiger partial charge on any atom is -0.509 e. The number of rotatable bonds is 14. The quantitative estimate of drug-likeness (QED) is 0.114. The molecular weight excluding hydrogens is 368 g/mol. The molecule has 28 heavy (non-hydrogen) atoms. The van der Waals surface area contributed by atoms with E-state index in [4.69, 9.17) is 5.11 Å². The van der Waals surface area contributed by atoms with E-state index < -0.39 is 47.4 Å². The Hall–Kier alpha value is -1.93. The summed E-state index contributed by atoms with van der Waals surface area (Å²) in [7, 11) is 0. The van der Waals surface area contributed by atoms with Gasteiger partial charge in [0.1, 0.15) is 17.4 Å². The predicted molar refractivity (Wildman–Crippen MR) is 101 cm³/mol. The van der Waals surface area contributed by atoms with Gasteiger partial charge >= 0.3 is 11.9 Å². The topological polar surface area (TPSA) is 141 Å². The van der Waals surface area contributed by atoms with Crippen molar-refractivity contribution in [3.05, 3.63) is 11.3 Å². The first-order valence-corrected chi connectivity index (χ1v) is 10.1. The van der Waals surface area contributed by atoms with E-state index in [-0.39, 0.29) is 6.42 Å². The number of aliphatic hydroxyl groups excluding tert-OH is 3. The monoisotopic (exact) mass is 400 g/mol. The lowest BCUT2D eigenvalue weighted by Gasteiger charge is -2.11. The average molecular weight is 400 g/mol. The molecule has 0 saturated carbocycles. The number of carboxylic acids is 1. The molecule has 3 atom stereocenters. The first-order valence-electron chi connectivity index (χ1n) is 10.1. The molecule has 1 heterocycles. The molecule has 3 unspecified atom stereocenters. The Balaban J connectivity index is 2.37. The molecule has 8 heteroatoms. The highest BCUT2D eigenvalue weighted by Crippen LogP contribution is 2.24. The number of aliphatic carboxylic acids is 1. The minimum atomic E-state index is -2.22. The Morgan fingerprint density at radius 1 is 0.929 bits per heavy atom. The molecule has 0 aromatic heterocycles. The van der Waals surface area contributed by atoms with E-state index in [2.05, 4.69) is 11.7 Å². The van der Waals surface area contributed by atoms with E-state index in [9.17, 15) is 29.7 Å². The van der Waals surface area contributed by atoms with Gasteiger partial charge in [0.2, 0.25) is 11.9 Å². The molecule has 0 amide bonds. The van der Waals surface area contributed by atoms with Crippen molar-refractivity contribution in [1.82, 2.24) is 0 Å². The van der Waals surface area contributed by atoms with Crippen LogP contribution in [0.2, 0.25) is 0 Å². The Labute approximate surface area is 165 Å². The van der Waals surface area contributed by atoms with Gasteiger partial charge < -0.3 is 25.2 Å². The molecule has 0 bridgehead atoms. The summed E-state index contributed by atoms with van der Waals surface area (Å²) in [6.45, 7) is 2.19. The van der Waals surface area contributed by atoms with Crippen LogP contribution in [-0.4, -0.2) is 56.5 Å². The molecule has 0 aromatic carbocycles. The number of carbonyl (C=O) groups excluding carboxylic acids is 2. The molecular formula is C20H32O8. The zero-order valence-electron chi connectivity index (χ0n) is 16.4. The van der Waals surface area contributed by atoms with Gasteiger partial charge in [-0.05, 0) is 6.42 Å². The predicted octanol–water partition coefficient (Wildman–Crippen LogP) is 2.41. The first-order chi connectivity index (χ1) is 13.3. The molecule has 160 valence electrons. The largest absolute Gasteiger partial charge is 0.509 e. The van der Waals surface area contributed by atoms with Crippen LogP contribution < -0.4 is 0 Å². The maximum Gasteiger partial charge on any atom is 0.346 e. The lowest BCUT2D eigenvalue weighted by atomic mass is 10.00. The fourth-order valence-corrected chi connectivity index (χ4v) is 3.17. The van der Waals surface area contributed by atoms with Crippen LogP contribution in [-0.2, 0) is 19.1 Å². The summed E-state index contributed by atoms with van der Waals surface area (Å²) in [5, 5.41) is 38.2. The van der Waals surface area contributed by atoms with Crippen molar-refractivity contribution in [2.24, 2.45) is 0 Å². The van der Waals surface area contributed by atoms with Crippen LogP contribution >= 0.6 is 0 Å². The smallest absolute Gasteiger partial charge is 0.346 e. The van der Waals surface area contributed by atoms with Crippen LogP contribution in [0, 0.1) is 0 Å². The number of hydrogen-bond acceptors (Lipinski definition) is 7. The molecule has 4 N–H and O–H groups in total. The van der Waals surface area contributed by atoms with Gasteiger partial charge in [-0.25, -0.2) is 9.59 Å². The summed E-state index contributed by atoms with van der Waals surface area (Å²) in [6.07, 6.45) is 5.65. The van der Waals surface area contributed by atoms with Crippen molar-refractivity contribution < 1.29 is 39.5 Å². The summed E-state index contributed by atoms with van der Waals surface area (Å²) in [5.41, 5.74) is -0.787. The van der Waals surface area contributed by atoms with Crippen molar-refractivity contribution >= 4 is 17.7 Å². The highest BCUT2D eigenvalue weighted by atomic mass is 16.6. The molecule has 1 aliphatic rings. The van der Waals surface area contributed by atoms with Crippen LogP contribution in [0.15, 0.2) is 11.3 Å². The highest BCUT2D eigenvalue weighted by Gasteiger charge is 2.47. The normalized spacial score (nSPS) is 20.8. The Morgan fingerprint density at radius 3 is 1.93 bits per heavy atom. The van der Waals surface area contributed by atoms with E-state index in [1.54, 1.807) is 0 Å². The third-order valence-electron chi connectivity index (χ3n) is 4.89. The SMILES string of the molecule is CCCCCCCCCCCCC(O)C(O)=C1C(=O)OC(C(O)C(=O)O)C1=O. The van der Waals surface area contributed by atoms with E-state index in [1.165, 1.54) is 38.5 Å². The number of unbranched alkanes of at least 4 members (excludes halogenated alkanes) is 9. The van der Waals surface area contributed by atoms with E-state index in [0.717, 1.165) is 19.3 Å². The van der Waals surface area contributed by atoms with Crippen molar-refractivity contribution in [1.29, 1.82) is 0 Å². The van der Waals surface area contributed by atoms with Gasteiger partial charge in [0.25, 0.3) is 0 Å². The maximum atomic E-state index is 12.1. The molecule has 8 nitrogen and oxygen atoms in total. The number of esters is 1. The van der Waals surface area contributed by atoms with Crippen LogP contribution in [0.1, 0.15) is 77.6 Å². The van der Waals surface area contributed by atoms with Crippen LogP contribution in [0.3, 0.4) is 0 Å². The number of hydrogen-bond donors (Lipinski definition) is 4. The molecule has 1 rings (SSSR count). The Morgan fingerprint density at radius 2 is 1.43 bits per heavy atom. The summed E-state index contributed by atoms with van der Waals surface area (Å²) in [6, 6.07) is 0. The Kier molecular flexibility index (Phi) is 10.8. The molecule has 1 fully saturated rings. The molecule has 1 aliphatic heterocycles. The number of ether oxygens (including phenoxy) is 1. The van der Waals surface area contributed by atoms with Crippen molar-refractivity contribution in [3.8, 4) is 0 Å². The number of ketones is 1. The lowest BCUT2D eigenvalue weighted by Crippen LogP contribution is -2.38. The Bertz CT molecular complexity index is 569. The van der Waals surface area contributed by atoms with Gasteiger partial charge in [-0.1, -0.05) is 71.1 Å². The van der Waals surface area contributed by atoms with Gasteiger partial charge in [0.15, 0.2) is 6.10 Å². The third kappa shape index (κ3) is 7.24. The molecule has 0 radical (unpaired) electrons. The maximum absolute atomic E-state index is 12.1. The average Bonchev–Trinajstić information content (AvgIpc) is 2.95. The van der Waals surface area contributed by atoms with Crippen molar-refractivity contribution in [2.45, 2.75) is 95.9 Å². The standard InChI is InChI=1S/C20H32O8/c1-2-3-4-5-6-7-8-9-10-11-12-13(21)15(22)14-16(23)18(28-20(14)27)17(24)19(25)26/h13,17-18,21-22,24H,2-12H2,1H3,(H,25,26). The van der Waals surface area contributed by atoms with Crippen LogP contribution in [0.4, 0.5) is 0 Å². The first kappa shape index (κ1) is 24.1. The molecule has 0 spiro atoms. The van der Waals surface area contributed by atoms with Gasteiger partial charge in [0.05, 0.1) is 0 Å². The molecule has 0 aromatic rings. The minimum absolute atomic E-state index is 0.165. The zero-order valence-corrected chi connectivity index (χ0v) is 16.4. The van der Waals surface area contributed by atoms with E-state index >= 15 is 0 Å². The summed E-state index contributed by atoms with van der Waals surface area (Å²) in [4.78, 5) is 34.5. The zero-order chi connectivity index (χ0) is 21.1. The number of aliphatic hydroxyl groups is 3. The lowest BCUT2D eigenvalue weighted by molar-refractivity contribution is -0.161. The number of carbonyl (C=O) groups is 3. The van der Waals surface area contributed by atoms with Gasteiger partial charge in [-0.3, -0.25) is 4.79 Å². The highest BCUT2D eigenvalue weighted by molar-refractivity contribution is 6.24. The van der Waals surface area contributed by atoms with Crippen molar-refractivity contribution in [3.63, 3.8) is 0 Å². The fourth-order valence-electron chi connectivity index (χ4n) is 3.17. The second-order valence-electron chi connectivity index (χ2n) is 7.22. The third-order valence-corrected chi connectivity index (χ3v) is 4.89. The van der Waals surface area contributed by atoms with Gasteiger partial charge in [-0.15, -0.1) is 0 Å². The van der Waals surface area contributed by atoms with Gasteiger partial charge in [-0.2, -0.15) is 0 Å². The number of Topliss-reactive ketones (excluding diaryl/α,β-unsaturated/α-hetero) is 1. The fraction of sp³-hybridized carbons (Fsp3) is 0.750. The van der Waals surface area contributed by atoms with Crippen LogP contribution in [0.25, 0.3) is 0 Å².